The van der Waals surface area contributed by atoms with Gasteiger partial charge in [0, 0.05) is 5.39 Å². The van der Waals surface area contributed by atoms with Gasteiger partial charge in [-0.05, 0) is 37.3 Å². The molecule has 0 N–H and O–H groups in total. The first kappa shape index (κ1) is 15.7. The lowest BCUT2D eigenvalue weighted by Gasteiger charge is -2.10. The highest BCUT2D eigenvalue weighted by Crippen LogP contribution is 2.37. The van der Waals surface area contributed by atoms with Gasteiger partial charge in [-0.2, -0.15) is 0 Å². The minimum absolute atomic E-state index is 0.267. The number of ether oxygens (including phenoxy) is 1. The van der Waals surface area contributed by atoms with Crippen LogP contribution >= 0.6 is 0 Å². The number of rotatable bonds is 3. The van der Waals surface area contributed by atoms with Gasteiger partial charge in [0.15, 0.2) is 0 Å². The highest BCUT2D eigenvalue weighted by atomic mass is 32.2. The molecule has 126 valence electrons. The van der Waals surface area contributed by atoms with E-state index in [9.17, 15) is 8.42 Å². The predicted octanol–water partition coefficient (Wildman–Crippen LogP) is 4.35. The van der Waals surface area contributed by atoms with Crippen molar-refractivity contribution in [3.05, 3.63) is 72.3 Å². The van der Waals surface area contributed by atoms with Gasteiger partial charge in [0.05, 0.1) is 28.4 Å². The normalized spacial score (nSPS) is 11.9. The van der Waals surface area contributed by atoms with E-state index in [0.717, 1.165) is 16.3 Å². The topological polar surface area (TPSA) is 48.3 Å². The third-order valence-corrected chi connectivity index (χ3v) is 6.14. The van der Waals surface area contributed by atoms with Crippen LogP contribution in [0.2, 0.25) is 0 Å². The first-order valence-electron chi connectivity index (χ1n) is 7.92. The van der Waals surface area contributed by atoms with Crippen molar-refractivity contribution < 1.29 is 13.2 Å². The Morgan fingerprint density at radius 1 is 0.840 bits per heavy atom. The minimum Gasteiger partial charge on any atom is -0.496 e. The van der Waals surface area contributed by atoms with Crippen LogP contribution in [0.15, 0.2) is 71.6 Å². The van der Waals surface area contributed by atoms with Gasteiger partial charge in [-0.3, -0.25) is 0 Å². The highest BCUT2D eigenvalue weighted by Gasteiger charge is 2.24. The van der Waals surface area contributed by atoms with Crippen molar-refractivity contribution in [2.45, 2.75) is 11.8 Å². The summed E-state index contributed by atoms with van der Waals surface area (Å²) >= 11 is 0. The van der Waals surface area contributed by atoms with Crippen LogP contribution in [-0.4, -0.2) is 19.5 Å². The fraction of sp³-hybridized carbons (Fsp3) is 0.100. The van der Waals surface area contributed by atoms with Gasteiger partial charge in [-0.1, -0.05) is 42.0 Å². The number of para-hydroxylation sites is 1. The third-order valence-electron chi connectivity index (χ3n) is 4.39. The third kappa shape index (κ3) is 2.31. The van der Waals surface area contributed by atoms with Crippen molar-refractivity contribution in [1.29, 1.82) is 0 Å². The predicted molar refractivity (Wildman–Crippen MR) is 99.8 cm³/mol. The van der Waals surface area contributed by atoms with Crippen molar-refractivity contribution in [2.75, 3.05) is 7.11 Å². The largest absolute Gasteiger partial charge is 0.496 e. The van der Waals surface area contributed by atoms with Crippen molar-refractivity contribution in [3.8, 4) is 5.75 Å². The molecule has 0 fully saturated rings. The van der Waals surface area contributed by atoms with Gasteiger partial charge in [0.2, 0.25) is 0 Å². The van der Waals surface area contributed by atoms with Crippen LogP contribution in [0.3, 0.4) is 0 Å². The summed E-state index contributed by atoms with van der Waals surface area (Å²) in [5.74, 6) is 0.659. The molecule has 0 unspecified atom stereocenters. The van der Waals surface area contributed by atoms with E-state index in [4.69, 9.17) is 4.74 Å². The van der Waals surface area contributed by atoms with E-state index in [-0.39, 0.29) is 4.90 Å². The minimum atomic E-state index is -3.73. The Morgan fingerprint density at radius 2 is 1.52 bits per heavy atom. The van der Waals surface area contributed by atoms with Crippen LogP contribution in [0.1, 0.15) is 5.56 Å². The molecule has 1 aromatic heterocycles. The van der Waals surface area contributed by atoms with Crippen LogP contribution in [0, 0.1) is 6.92 Å². The van der Waals surface area contributed by atoms with E-state index in [0.29, 0.717) is 16.8 Å². The van der Waals surface area contributed by atoms with Gasteiger partial charge in [-0.25, -0.2) is 12.4 Å². The molecule has 0 bridgehead atoms. The van der Waals surface area contributed by atoms with Crippen LogP contribution in [0.5, 0.6) is 5.75 Å². The molecule has 0 atom stereocenters. The van der Waals surface area contributed by atoms with E-state index < -0.39 is 10.0 Å². The summed E-state index contributed by atoms with van der Waals surface area (Å²) in [6.45, 7) is 1.93. The number of aryl methyl sites for hydroxylation is 1. The van der Waals surface area contributed by atoms with Crippen LogP contribution < -0.4 is 4.74 Å². The van der Waals surface area contributed by atoms with Gasteiger partial charge in [0.25, 0.3) is 10.0 Å². The average Bonchev–Trinajstić information content (AvgIpc) is 2.97. The zero-order valence-corrected chi connectivity index (χ0v) is 14.7. The van der Waals surface area contributed by atoms with Gasteiger partial charge in [-0.15, -0.1) is 0 Å². The van der Waals surface area contributed by atoms with Gasteiger partial charge >= 0.3 is 0 Å². The van der Waals surface area contributed by atoms with E-state index in [1.54, 1.807) is 37.4 Å². The molecule has 5 heteroatoms. The van der Waals surface area contributed by atoms with E-state index in [2.05, 4.69) is 0 Å². The van der Waals surface area contributed by atoms with Gasteiger partial charge < -0.3 is 4.74 Å². The quantitative estimate of drug-likeness (QED) is 0.551. The number of hydrogen-bond acceptors (Lipinski definition) is 3. The summed E-state index contributed by atoms with van der Waals surface area (Å²) in [4.78, 5) is 0.267. The maximum Gasteiger partial charge on any atom is 0.268 e. The van der Waals surface area contributed by atoms with E-state index in [1.807, 2.05) is 43.3 Å². The molecule has 0 aliphatic rings. The van der Waals surface area contributed by atoms with E-state index in [1.165, 1.54) is 3.97 Å². The average molecular weight is 351 g/mol. The summed E-state index contributed by atoms with van der Waals surface area (Å²) in [7, 11) is -2.14. The summed E-state index contributed by atoms with van der Waals surface area (Å²) in [5, 5.41) is 1.65. The second-order valence-corrected chi connectivity index (χ2v) is 7.74. The molecule has 0 aliphatic carbocycles. The lowest BCUT2D eigenvalue weighted by Crippen LogP contribution is -2.12. The molecule has 0 saturated heterocycles. The number of fused-ring (bicyclic) bond motifs is 3. The van der Waals surface area contributed by atoms with E-state index >= 15 is 0 Å². The monoisotopic (exact) mass is 351 g/mol. The van der Waals surface area contributed by atoms with Crippen LogP contribution in [0.4, 0.5) is 0 Å². The Morgan fingerprint density at radius 3 is 2.24 bits per heavy atom. The molecule has 1 heterocycles. The van der Waals surface area contributed by atoms with Gasteiger partial charge in [0.1, 0.15) is 5.75 Å². The Labute approximate surface area is 146 Å². The zero-order valence-electron chi connectivity index (χ0n) is 13.9. The number of aromatic nitrogens is 1. The fourth-order valence-corrected chi connectivity index (χ4v) is 4.72. The SMILES string of the molecule is COc1cccc2c1c1ccccc1n2S(=O)(=O)c1ccc(C)cc1. The Balaban J connectivity index is 2.15. The van der Waals surface area contributed by atoms with Crippen molar-refractivity contribution >= 4 is 31.8 Å². The molecule has 0 radical (unpaired) electrons. The summed E-state index contributed by atoms with van der Waals surface area (Å²) < 4.78 is 33.6. The lowest BCUT2D eigenvalue weighted by molar-refractivity contribution is 0.420. The molecular formula is C20H17NO3S. The fourth-order valence-electron chi connectivity index (χ4n) is 3.20. The summed E-state index contributed by atoms with van der Waals surface area (Å²) in [6, 6.07) is 19.8. The maximum absolute atomic E-state index is 13.4. The zero-order chi connectivity index (χ0) is 17.6. The summed E-state index contributed by atoms with van der Waals surface area (Å²) in [5.41, 5.74) is 2.27. The molecule has 0 amide bonds. The first-order valence-corrected chi connectivity index (χ1v) is 9.36. The Kier molecular flexibility index (Phi) is 3.54. The number of methoxy groups -OCH3 is 1. The number of hydrogen-bond donors (Lipinski definition) is 0. The molecule has 3 aromatic carbocycles. The van der Waals surface area contributed by atoms with Crippen LogP contribution in [-0.2, 0) is 10.0 Å². The Hall–Kier alpha value is -2.79. The molecule has 0 spiro atoms. The van der Waals surface area contributed by atoms with Crippen molar-refractivity contribution in [3.63, 3.8) is 0 Å². The Bertz CT molecular complexity index is 1190. The van der Waals surface area contributed by atoms with Crippen molar-refractivity contribution in [2.24, 2.45) is 0 Å². The maximum atomic E-state index is 13.4. The molecular weight excluding hydrogens is 334 g/mol. The lowest BCUT2D eigenvalue weighted by atomic mass is 10.1. The molecule has 0 saturated carbocycles. The van der Waals surface area contributed by atoms with Crippen LogP contribution in [0.25, 0.3) is 21.8 Å². The standard InChI is InChI=1S/C20H17NO3S/c1-14-10-12-15(13-11-14)25(22,23)21-17-7-4-3-6-16(17)20-18(21)8-5-9-19(20)24-2/h3-13H,1-2H3. The summed E-state index contributed by atoms with van der Waals surface area (Å²) in [6.07, 6.45) is 0. The second-order valence-electron chi connectivity index (χ2n) is 5.95. The number of nitrogens with zero attached hydrogens (tertiary/aromatic N) is 1. The molecule has 4 nitrogen and oxygen atoms in total. The molecule has 4 aromatic rings. The molecule has 0 aliphatic heterocycles. The number of benzene rings is 3. The molecule has 25 heavy (non-hydrogen) atoms. The first-order chi connectivity index (χ1) is 12.0. The highest BCUT2D eigenvalue weighted by molar-refractivity contribution is 7.90. The van der Waals surface area contributed by atoms with Crippen molar-refractivity contribution in [1.82, 2.24) is 3.97 Å². The second kappa shape index (κ2) is 5.63. The smallest absolute Gasteiger partial charge is 0.268 e. The molecule has 4 rings (SSSR count).